The fourth-order valence-corrected chi connectivity index (χ4v) is 12.1. The summed E-state index contributed by atoms with van der Waals surface area (Å²) in [4.78, 5) is 7.94. The summed E-state index contributed by atoms with van der Waals surface area (Å²) in [6.07, 6.45) is 6.77. The minimum atomic E-state index is -0.223. The van der Waals surface area contributed by atoms with Crippen LogP contribution in [0.2, 0.25) is 0 Å². The lowest BCUT2D eigenvalue weighted by molar-refractivity contribution is 0.478. The van der Waals surface area contributed by atoms with E-state index in [0.29, 0.717) is 8.19 Å². The first-order valence-electron chi connectivity index (χ1n) is 26.5. The van der Waals surface area contributed by atoms with E-state index in [-0.39, 0.29) is 33.1 Å². The molecule has 6 heteroatoms. The molecule has 1 aromatic heterocycles. The van der Waals surface area contributed by atoms with E-state index in [1.165, 1.54) is 123 Å². The van der Waals surface area contributed by atoms with Crippen molar-refractivity contribution in [3.8, 4) is 0 Å². The first kappa shape index (κ1) is 54.5. The Balaban J connectivity index is 0.00000141. The molecule has 1 atom stereocenters. The van der Waals surface area contributed by atoms with Crippen molar-refractivity contribution in [2.75, 3.05) is 21.2 Å². The zero-order valence-electron chi connectivity index (χ0n) is 48.4. The molecule has 4 aromatic carbocycles. The minimum absolute atomic E-state index is 0.0136. The number of allylic oxidation sites excluding steroid dienone is 6. The van der Waals surface area contributed by atoms with Crippen molar-refractivity contribution in [3.05, 3.63) is 145 Å². The highest BCUT2D eigenvalue weighted by atomic mass is 32.1. The van der Waals surface area contributed by atoms with Crippen molar-refractivity contribution in [2.24, 2.45) is 5.41 Å². The van der Waals surface area contributed by atoms with Crippen molar-refractivity contribution < 1.29 is 0 Å². The number of fused-ring (bicyclic) bond motifs is 2. The van der Waals surface area contributed by atoms with Gasteiger partial charge in [0, 0.05) is 34.1 Å². The van der Waals surface area contributed by atoms with E-state index in [1.54, 1.807) is 0 Å². The van der Waals surface area contributed by atoms with Crippen LogP contribution in [0.4, 0.5) is 39.8 Å². The van der Waals surface area contributed by atoms with Crippen molar-refractivity contribution in [2.45, 2.75) is 193 Å². The number of rotatable bonds is 7. The molecule has 0 bridgehead atoms. The van der Waals surface area contributed by atoms with Gasteiger partial charge in [-0.25, -0.2) is 0 Å². The second-order valence-electron chi connectivity index (χ2n) is 26.5. The van der Waals surface area contributed by atoms with E-state index in [2.05, 4.69) is 240 Å². The van der Waals surface area contributed by atoms with Crippen LogP contribution in [0.25, 0.3) is 0 Å². The Bertz CT molecular complexity index is 2930. The highest BCUT2D eigenvalue weighted by Gasteiger charge is 2.45. The fourth-order valence-electron chi connectivity index (χ4n) is 10.9. The Hall–Kier alpha value is -4.31. The molecule has 0 radical (unpaired) electrons. The predicted molar refractivity (Wildman–Crippen MR) is 324 cm³/mol. The molecule has 378 valence electrons. The molecule has 3 nitrogen and oxygen atoms in total. The van der Waals surface area contributed by atoms with Gasteiger partial charge < -0.3 is 14.7 Å². The van der Waals surface area contributed by atoms with Crippen LogP contribution in [0.5, 0.6) is 0 Å². The SMILES string of the molecule is CC=C(C)C.Cc1cc(B2C3=C(CCC(C(C)(C)C)=C3)N(c3c(C)cc(C(C)(C)C)cc3C)c3cc(C(C)(C)C)ccc32)c(N2c3cc(C(C)(C)C)cc(C)c32)cc1N(CC(C)(C)S)c1c(C)c[pH]c1C. The zero-order chi connectivity index (χ0) is 52.8. The lowest BCUT2D eigenvalue weighted by atomic mass is 9.33. The number of nitrogens with zero attached hydrogens (tertiary/aromatic N) is 3. The van der Waals surface area contributed by atoms with Gasteiger partial charge in [0.05, 0.1) is 22.7 Å². The standard InChI is InChI=1S/C60H79BN3PS.C5H10/c1-35-28-46(51(64-52-31-44(59(16,17)18)27-38(4)55(52)64)32-49(35)62(34-60(19,20)66)54-39(5)33-65-40(54)6)61-45-23-21-42(57(10,11)12)30-50(45)63(48-24-22-41(29-47(48)61)56(7,8)9)53-36(2)25-43(26-37(53)3)58(13,14)15;1-4-5(2)3/h21,23,25-33,65-66H,22,24,34H2,1-20H3;4H,1-3H3. The monoisotopic (exact) mass is 986 g/mol. The van der Waals surface area contributed by atoms with Crippen LogP contribution in [0.15, 0.2) is 94.9 Å². The van der Waals surface area contributed by atoms with E-state index < -0.39 is 0 Å². The zero-order valence-corrected chi connectivity index (χ0v) is 50.3. The molecule has 0 amide bonds. The van der Waals surface area contributed by atoms with Crippen molar-refractivity contribution >= 4 is 78.3 Å². The summed E-state index contributed by atoms with van der Waals surface area (Å²) >= 11 is 5.21. The van der Waals surface area contributed by atoms with Crippen molar-refractivity contribution in [1.29, 1.82) is 0 Å². The quantitative estimate of drug-likeness (QED) is 0.0739. The second-order valence-corrected chi connectivity index (χ2v) is 29.0. The van der Waals surface area contributed by atoms with Gasteiger partial charge in [-0.05, 0) is 201 Å². The molecule has 0 spiro atoms. The molecule has 0 saturated heterocycles. The van der Waals surface area contributed by atoms with Crippen LogP contribution in [0, 0.1) is 47.0 Å². The molecule has 3 heterocycles. The van der Waals surface area contributed by atoms with Gasteiger partial charge in [0.25, 0.3) is 0 Å². The molecule has 71 heavy (non-hydrogen) atoms. The molecule has 5 aromatic rings. The summed E-state index contributed by atoms with van der Waals surface area (Å²) in [5, 5.41) is 1.45. The third-order valence-corrected chi connectivity index (χ3v) is 16.6. The molecular weight excluding hydrogens is 897 g/mol. The maximum Gasteiger partial charge on any atom is 0.248 e. The van der Waals surface area contributed by atoms with Gasteiger partial charge in [0.15, 0.2) is 0 Å². The highest BCUT2D eigenvalue weighted by Crippen LogP contribution is 2.58. The maximum absolute atomic E-state index is 5.21. The number of hydrogen-bond donors (Lipinski definition) is 1. The number of aryl methyl sites for hydroxylation is 6. The third-order valence-electron chi connectivity index (χ3n) is 15.2. The lowest BCUT2D eigenvalue weighted by Gasteiger charge is -2.44. The van der Waals surface area contributed by atoms with Crippen LogP contribution < -0.4 is 25.6 Å². The van der Waals surface area contributed by atoms with E-state index >= 15 is 0 Å². The van der Waals surface area contributed by atoms with Crippen LogP contribution in [0.3, 0.4) is 0 Å². The minimum Gasteiger partial charge on any atom is -0.339 e. The van der Waals surface area contributed by atoms with Crippen LogP contribution in [-0.2, 0) is 16.2 Å². The Labute approximate surface area is 440 Å². The molecule has 1 aliphatic carbocycles. The van der Waals surface area contributed by atoms with Crippen LogP contribution in [0.1, 0.15) is 180 Å². The van der Waals surface area contributed by atoms with Gasteiger partial charge >= 0.3 is 0 Å². The number of benzene rings is 4. The summed E-state index contributed by atoms with van der Waals surface area (Å²) in [5.41, 5.74) is 28.7. The van der Waals surface area contributed by atoms with Gasteiger partial charge in [-0.3, -0.25) is 0 Å². The molecule has 3 aliphatic rings. The van der Waals surface area contributed by atoms with Crippen LogP contribution in [-0.4, -0.2) is 18.0 Å². The smallest absolute Gasteiger partial charge is 0.248 e. The highest BCUT2D eigenvalue weighted by molar-refractivity contribution is 7.81. The van der Waals surface area contributed by atoms with Crippen molar-refractivity contribution in [1.82, 2.24) is 0 Å². The molecule has 0 N–H and O–H groups in total. The Morgan fingerprint density at radius 3 is 1.62 bits per heavy atom. The summed E-state index contributed by atoms with van der Waals surface area (Å²) in [7, 11) is 0.704. The molecule has 0 saturated carbocycles. The largest absolute Gasteiger partial charge is 0.339 e. The van der Waals surface area contributed by atoms with Crippen molar-refractivity contribution in [3.63, 3.8) is 0 Å². The summed E-state index contributed by atoms with van der Waals surface area (Å²) in [5.74, 6) is 2.43. The first-order valence-corrected chi connectivity index (χ1v) is 28.0. The van der Waals surface area contributed by atoms with Crippen LogP contribution >= 0.6 is 20.8 Å². The average molecular weight is 986 g/mol. The predicted octanol–water partition coefficient (Wildman–Crippen LogP) is 18.4. The van der Waals surface area contributed by atoms with Gasteiger partial charge in [0.2, 0.25) is 6.71 Å². The van der Waals surface area contributed by atoms with E-state index in [4.69, 9.17) is 12.6 Å². The summed E-state index contributed by atoms with van der Waals surface area (Å²) in [6, 6.07) is 22.5. The Morgan fingerprint density at radius 1 is 0.606 bits per heavy atom. The van der Waals surface area contributed by atoms with Gasteiger partial charge in [-0.15, -0.1) is 8.19 Å². The summed E-state index contributed by atoms with van der Waals surface area (Å²) < 4.78 is -0.223. The van der Waals surface area contributed by atoms with E-state index in [9.17, 15) is 0 Å². The maximum atomic E-state index is 5.21. The lowest BCUT2D eigenvalue weighted by Crippen LogP contribution is -2.52. The molecule has 2 aliphatic heterocycles. The van der Waals surface area contributed by atoms with Gasteiger partial charge in [-0.2, -0.15) is 12.6 Å². The molecular formula is C65H89BN3PS. The van der Waals surface area contributed by atoms with Gasteiger partial charge in [-0.1, -0.05) is 143 Å². The Morgan fingerprint density at radius 2 is 1.13 bits per heavy atom. The number of anilines is 7. The average Bonchev–Trinajstić information content (AvgIpc) is 3.88. The number of hydrogen-bond acceptors (Lipinski definition) is 4. The second kappa shape index (κ2) is 19.2. The normalized spacial score (nSPS) is 15.0. The molecule has 0 fully saturated rings. The van der Waals surface area contributed by atoms with E-state index in [1.807, 2.05) is 6.92 Å². The molecule has 1 unspecified atom stereocenters. The van der Waals surface area contributed by atoms with E-state index in [0.717, 1.165) is 19.4 Å². The summed E-state index contributed by atoms with van der Waals surface area (Å²) in [6.45, 7) is 53.9. The molecule has 8 rings (SSSR count). The number of thiol groups is 1. The topological polar surface area (TPSA) is 9.49 Å². The fraction of sp³-hybridized carbons (Fsp3) is 0.477. The van der Waals surface area contributed by atoms with Gasteiger partial charge in [0.1, 0.15) is 0 Å². The first-order chi connectivity index (χ1) is 32.6. The third kappa shape index (κ3) is 11.0. The Kier molecular flexibility index (Phi) is 14.7.